The molecule has 0 bridgehead atoms. The van der Waals surface area contributed by atoms with E-state index in [9.17, 15) is 18.3 Å². The topological polar surface area (TPSA) is 29.5 Å². The van der Waals surface area contributed by atoms with Gasteiger partial charge in [0.05, 0.1) is 6.10 Å². The van der Waals surface area contributed by atoms with Gasteiger partial charge in [0.2, 0.25) is 0 Å². The van der Waals surface area contributed by atoms with Crippen LogP contribution in [-0.4, -0.2) is 11.5 Å². The molecule has 1 unspecified atom stereocenters. The van der Waals surface area contributed by atoms with Gasteiger partial charge < -0.3 is 9.84 Å². The molecule has 0 aliphatic heterocycles. The third-order valence-electron chi connectivity index (χ3n) is 3.19. The van der Waals surface area contributed by atoms with Gasteiger partial charge in [-0.3, -0.25) is 0 Å². The number of benzene rings is 1. The highest BCUT2D eigenvalue weighted by molar-refractivity contribution is 5.30. The van der Waals surface area contributed by atoms with Crippen molar-refractivity contribution < 1.29 is 23.0 Å². The third kappa shape index (κ3) is 5.51. The van der Waals surface area contributed by atoms with Crippen LogP contribution in [0.4, 0.5) is 13.2 Å². The highest BCUT2D eigenvalue weighted by atomic mass is 19.4. The Morgan fingerprint density at radius 3 is 2.37 bits per heavy atom. The van der Waals surface area contributed by atoms with E-state index in [1.165, 1.54) is 18.2 Å². The summed E-state index contributed by atoms with van der Waals surface area (Å²) in [7, 11) is 0. The zero-order chi connectivity index (χ0) is 14.5. The average Bonchev–Trinajstić information content (AvgIpc) is 2.34. The van der Waals surface area contributed by atoms with Crippen LogP contribution >= 0.6 is 0 Å². The SMILES string of the molecule is CCC(CC)CC(O)c1cccc(OC(F)(F)F)c1. The van der Waals surface area contributed by atoms with Crippen LogP contribution in [0.5, 0.6) is 5.75 Å². The Balaban J connectivity index is 2.75. The van der Waals surface area contributed by atoms with Crippen molar-refractivity contribution in [1.29, 1.82) is 0 Å². The molecular formula is C14H19F3O2. The van der Waals surface area contributed by atoms with Crippen molar-refractivity contribution in [3.05, 3.63) is 29.8 Å². The van der Waals surface area contributed by atoms with Crippen LogP contribution in [0.25, 0.3) is 0 Å². The van der Waals surface area contributed by atoms with E-state index >= 15 is 0 Å². The Bertz CT molecular complexity index is 387. The highest BCUT2D eigenvalue weighted by Crippen LogP contribution is 2.29. The summed E-state index contributed by atoms with van der Waals surface area (Å²) in [6.45, 7) is 4.06. The molecule has 0 heterocycles. The summed E-state index contributed by atoms with van der Waals surface area (Å²) in [5.74, 6) is 0.0655. The molecule has 1 aromatic rings. The van der Waals surface area contributed by atoms with Gasteiger partial charge in [-0.05, 0) is 30.0 Å². The van der Waals surface area contributed by atoms with Crippen LogP contribution in [0.2, 0.25) is 0 Å². The molecule has 1 rings (SSSR count). The number of aliphatic hydroxyl groups is 1. The van der Waals surface area contributed by atoms with E-state index in [1.807, 2.05) is 13.8 Å². The highest BCUT2D eigenvalue weighted by Gasteiger charge is 2.31. The molecule has 0 spiro atoms. The van der Waals surface area contributed by atoms with Crippen LogP contribution in [0.3, 0.4) is 0 Å². The Hall–Kier alpha value is -1.23. The molecule has 0 fully saturated rings. The number of hydrogen-bond acceptors (Lipinski definition) is 2. The van der Waals surface area contributed by atoms with Gasteiger partial charge in [-0.2, -0.15) is 0 Å². The van der Waals surface area contributed by atoms with Crippen molar-refractivity contribution in [3.63, 3.8) is 0 Å². The molecule has 0 amide bonds. The lowest BCUT2D eigenvalue weighted by molar-refractivity contribution is -0.274. The van der Waals surface area contributed by atoms with Crippen molar-refractivity contribution in [2.45, 2.75) is 45.6 Å². The standard InChI is InChI=1S/C14H19F3O2/c1-3-10(4-2)8-13(18)11-6-5-7-12(9-11)19-14(15,16)17/h5-7,9-10,13,18H,3-4,8H2,1-2H3. The van der Waals surface area contributed by atoms with Crippen LogP contribution in [-0.2, 0) is 0 Å². The van der Waals surface area contributed by atoms with Crippen LogP contribution in [0, 0.1) is 5.92 Å². The fraction of sp³-hybridized carbons (Fsp3) is 0.571. The lowest BCUT2D eigenvalue weighted by Crippen LogP contribution is -2.17. The quantitative estimate of drug-likeness (QED) is 0.832. The van der Waals surface area contributed by atoms with E-state index in [-0.39, 0.29) is 5.75 Å². The first kappa shape index (κ1) is 15.8. The summed E-state index contributed by atoms with van der Waals surface area (Å²) in [5.41, 5.74) is 0.452. The summed E-state index contributed by atoms with van der Waals surface area (Å²) >= 11 is 0. The Labute approximate surface area is 111 Å². The molecule has 108 valence electrons. The number of rotatable bonds is 6. The predicted molar refractivity (Wildman–Crippen MR) is 66.8 cm³/mol. The van der Waals surface area contributed by atoms with Crippen LogP contribution < -0.4 is 4.74 Å². The van der Waals surface area contributed by atoms with E-state index in [0.717, 1.165) is 12.8 Å². The van der Waals surface area contributed by atoms with Gasteiger partial charge >= 0.3 is 6.36 Å². The number of alkyl halides is 3. The van der Waals surface area contributed by atoms with Crippen LogP contribution in [0.15, 0.2) is 24.3 Å². The Kier molecular flexibility index (Phi) is 5.66. The minimum absolute atomic E-state index is 0.298. The predicted octanol–water partition coefficient (Wildman–Crippen LogP) is 4.44. The van der Waals surface area contributed by atoms with Gasteiger partial charge in [0.25, 0.3) is 0 Å². The molecule has 0 aliphatic rings. The number of aliphatic hydroxyl groups excluding tert-OH is 1. The van der Waals surface area contributed by atoms with E-state index < -0.39 is 12.5 Å². The van der Waals surface area contributed by atoms with Crippen molar-refractivity contribution >= 4 is 0 Å². The largest absolute Gasteiger partial charge is 0.573 e. The summed E-state index contributed by atoms with van der Waals surface area (Å²) in [6.07, 6.45) is -3.05. The first-order valence-corrected chi connectivity index (χ1v) is 6.39. The van der Waals surface area contributed by atoms with E-state index in [0.29, 0.717) is 17.9 Å². The lowest BCUT2D eigenvalue weighted by atomic mass is 9.93. The molecular weight excluding hydrogens is 257 g/mol. The maximum Gasteiger partial charge on any atom is 0.573 e. The molecule has 19 heavy (non-hydrogen) atoms. The summed E-state index contributed by atoms with van der Waals surface area (Å²) < 4.78 is 40.2. The molecule has 1 aromatic carbocycles. The minimum Gasteiger partial charge on any atom is -0.406 e. The second kappa shape index (κ2) is 6.80. The third-order valence-corrected chi connectivity index (χ3v) is 3.19. The fourth-order valence-electron chi connectivity index (χ4n) is 1.99. The molecule has 0 radical (unpaired) electrons. The van der Waals surface area contributed by atoms with E-state index in [1.54, 1.807) is 6.07 Å². The molecule has 0 saturated carbocycles. The Morgan fingerprint density at radius 1 is 1.21 bits per heavy atom. The molecule has 1 atom stereocenters. The first-order chi connectivity index (χ1) is 8.85. The minimum atomic E-state index is -4.71. The van der Waals surface area contributed by atoms with Gasteiger partial charge in [-0.25, -0.2) is 0 Å². The summed E-state index contributed by atoms with van der Waals surface area (Å²) in [6, 6.07) is 5.52. The number of hydrogen-bond donors (Lipinski definition) is 1. The summed E-state index contributed by atoms with van der Waals surface area (Å²) in [4.78, 5) is 0. The molecule has 0 aliphatic carbocycles. The van der Waals surface area contributed by atoms with Crippen molar-refractivity contribution in [3.8, 4) is 5.75 Å². The maximum absolute atomic E-state index is 12.1. The fourth-order valence-corrected chi connectivity index (χ4v) is 1.99. The van der Waals surface area contributed by atoms with Gasteiger partial charge in [0.15, 0.2) is 0 Å². The van der Waals surface area contributed by atoms with Gasteiger partial charge in [-0.15, -0.1) is 13.2 Å². The monoisotopic (exact) mass is 276 g/mol. The Morgan fingerprint density at radius 2 is 1.84 bits per heavy atom. The molecule has 0 aromatic heterocycles. The number of ether oxygens (including phenoxy) is 1. The van der Waals surface area contributed by atoms with Gasteiger partial charge in [0.1, 0.15) is 5.75 Å². The summed E-state index contributed by atoms with van der Waals surface area (Å²) in [5, 5.41) is 10.0. The van der Waals surface area contributed by atoms with E-state index in [4.69, 9.17) is 0 Å². The zero-order valence-electron chi connectivity index (χ0n) is 11.1. The molecule has 1 N–H and O–H groups in total. The molecule has 5 heteroatoms. The second-order valence-corrected chi connectivity index (χ2v) is 4.55. The van der Waals surface area contributed by atoms with Crippen LogP contribution in [0.1, 0.15) is 44.8 Å². The average molecular weight is 276 g/mol. The maximum atomic E-state index is 12.1. The smallest absolute Gasteiger partial charge is 0.406 e. The molecule has 0 saturated heterocycles. The van der Waals surface area contributed by atoms with Crippen molar-refractivity contribution in [1.82, 2.24) is 0 Å². The van der Waals surface area contributed by atoms with Crippen molar-refractivity contribution in [2.24, 2.45) is 5.92 Å². The lowest BCUT2D eigenvalue weighted by Gasteiger charge is -2.18. The van der Waals surface area contributed by atoms with Gasteiger partial charge in [0, 0.05) is 0 Å². The zero-order valence-corrected chi connectivity index (χ0v) is 11.1. The second-order valence-electron chi connectivity index (χ2n) is 4.55. The first-order valence-electron chi connectivity index (χ1n) is 6.39. The number of halogens is 3. The normalized spacial score (nSPS) is 13.6. The van der Waals surface area contributed by atoms with E-state index in [2.05, 4.69) is 4.74 Å². The van der Waals surface area contributed by atoms with Crippen molar-refractivity contribution in [2.75, 3.05) is 0 Å². The molecule has 2 nitrogen and oxygen atoms in total. The van der Waals surface area contributed by atoms with Gasteiger partial charge in [-0.1, -0.05) is 38.8 Å².